The molecule has 0 amide bonds. The van der Waals surface area contributed by atoms with Gasteiger partial charge in [-0.3, -0.25) is 9.58 Å². The zero-order valence-corrected chi connectivity index (χ0v) is 25.1. The summed E-state index contributed by atoms with van der Waals surface area (Å²) in [5, 5.41) is 18.8. The molecule has 0 radical (unpaired) electrons. The van der Waals surface area contributed by atoms with Crippen molar-refractivity contribution in [2.24, 2.45) is 0 Å². The van der Waals surface area contributed by atoms with E-state index in [1.54, 1.807) is 4.31 Å². The Kier molecular flexibility index (Phi) is 8.51. The van der Waals surface area contributed by atoms with E-state index in [1.165, 1.54) is 17.4 Å². The molecule has 41 heavy (non-hydrogen) atoms. The molecule has 0 bridgehead atoms. The number of fused-ring (bicyclic) bond motifs is 2. The number of nitrogens with one attached hydrogen (secondary N) is 1. The molecule has 3 aliphatic rings. The summed E-state index contributed by atoms with van der Waals surface area (Å²) in [6, 6.07) is 12.4. The highest BCUT2D eigenvalue weighted by molar-refractivity contribution is 7.88. The van der Waals surface area contributed by atoms with Crippen molar-refractivity contribution in [1.29, 1.82) is 0 Å². The number of aryl methyl sites for hydroxylation is 1. The number of halogens is 1. The molecule has 2 N–H and O–H groups in total. The molecule has 220 valence electrons. The number of rotatable bonds is 8. The predicted octanol–water partition coefficient (Wildman–Crippen LogP) is 2.92. The molecule has 1 saturated heterocycles. The monoisotopic (exact) mass is 599 g/mol. The SMILES string of the molecule is CS(=O)(=O)N1CCc2c(c(-c3ccc(Cl)c(-c4ccc5c(c4)CC(CO)NC5)c3)nn2CCCN2CCOCC2)C1. The minimum atomic E-state index is -3.33. The van der Waals surface area contributed by atoms with Crippen molar-refractivity contribution >= 4 is 21.6 Å². The number of hydrogen-bond acceptors (Lipinski definition) is 7. The third-order valence-electron chi connectivity index (χ3n) is 8.54. The normalized spacial score (nSPS) is 20.1. The topological polar surface area (TPSA) is 99.9 Å². The fourth-order valence-electron chi connectivity index (χ4n) is 6.21. The van der Waals surface area contributed by atoms with E-state index in [0.29, 0.717) is 24.5 Å². The number of hydrogen-bond donors (Lipinski definition) is 2. The van der Waals surface area contributed by atoms with Gasteiger partial charge in [0.15, 0.2) is 0 Å². The number of sulfonamides is 1. The molecule has 0 spiro atoms. The summed E-state index contributed by atoms with van der Waals surface area (Å²) >= 11 is 6.75. The van der Waals surface area contributed by atoms with Crippen molar-refractivity contribution in [3.05, 3.63) is 63.8 Å². The van der Waals surface area contributed by atoms with Gasteiger partial charge in [0.05, 0.1) is 31.8 Å². The first kappa shape index (κ1) is 28.8. The first-order valence-electron chi connectivity index (χ1n) is 14.4. The van der Waals surface area contributed by atoms with Gasteiger partial charge in [-0.05, 0) is 41.7 Å². The molecule has 6 rings (SSSR count). The molecule has 1 fully saturated rings. The fraction of sp³-hybridized carbons (Fsp3) is 0.500. The van der Waals surface area contributed by atoms with Crippen LogP contribution in [0.25, 0.3) is 22.4 Å². The highest BCUT2D eigenvalue weighted by Crippen LogP contribution is 2.37. The van der Waals surface area contributed by atoms with E-state index >= 15 is 0 Å². The zero-order chi connectivity index (χ0) is 28.6. The molecule has 3 aliphatic heterocycles. The molecule has 11 heteroatoms. The van der Waals surface area contributed by atoms with Crippen LogP contribution in [0.2, 0.25) is 5.02 Å². The molecule has 1 atom stereocenters. The number of aliphatic hydroxyl groups excluding tert-OH is 1. The summed E-state index contributed by atoms with van der Waals surface area (Å²) < 4.78 is 34.1. The molecule has 2 aromatic carbocycles. The Morgan fingerprint density at radius 1 is 1.07 bits per heavy atom. The molecular formula is C30H38ClN5O4S. The largest absolute Gasteiger partial charge is 0.395 e. The summed E-state index contributed by atoms with van der Waals surface area (Å²) in [5.41, 5.74) is 8.22. The maximum Gasteiger partial charge on any atom is 0.211 e. The highest BCUT2D eigenvalue weighted by Gasteiger charge is 2.30. The molecule has 4 heterocycles. The van der Waals surface area contributed by atoms with E-state index in [-0.39, 0.29) is 12.6 Å². The molecule has 1 aromatic heterocycles. The Morgan fingerprint density at radius 2 is 1.88 bits per heavy atom. The van der Waals surface area contributed by atoms with Crippen LogP contribution < -0.4 is 5.32 Å². The maximum absolute atomic E-state index is 12.5. The van der Waals surface area contributed by atoms with Crippen molar-refractivity contribution in [3.63, 3.8) is 0 Å². The zero-order valence-electron chi connectivity index (χ0n) is 23.5. The number of aromatic nitrogens is 2. The Bertz CT molecular complexity index is 1520. The Hall–Kier alpha value is -2.31. The van der Waals surface area contributed by atoms with E-state index in [9.17, 15) is 13.5 Å². The van der Waals surface area contributed by atoms with Gasteiger partial charge in [-0.15, -0.1) is 0 Å². The molecule has 0 aliphatic carbocycles. The molecule has 3 aromatic rings. The van der Waals surface area contributed by atoms with Crippen LogP contribution in [0.1, 0.15) is 28.8 Å². The number of aliphatic hydroxyl groups is 1. The van der Waals surface area contributed by atoms with Crippen molar-refractivity contribution in [1.82, 2.24) is 24.3 Å². The van der Waals surface area contributed by atoms with Crippen LogP contribution in [0, 0.1) is 0 Å². The molecule has 9 nitrogen and oxygen atoms in total. The van der Waals surface area contributed by atoms with E-state index < -0.39 is 10.0 Å². The van der Waals surface area contributed by atoms with Crippen LogP contribution in [0.4, 0.5) is 0 Å². The molecule has 0 saturated carbocycles. The smallest absolute Gasteiger partial charge is 0.211 e. The number of morpholine rings is 1. The van der Waals surface area contributed by atoms with Gasteiger partial charge in [-0.25, -0.2) is 8.42 Å². The Labute approximate surface area is 247 Å². The van der Waals surface area contributed by atoms with Gasteiger partial charge in [0.2, 0.25) is 10.0 Å². The van der Waals surface area contributed by atoms with Crippen molar-refractivity contribution in [2.45, 2.75) is 44.9 Å². The number of benzene rings is 2. The average Bonchev–Trinajstić information content (AvgIpc) is 3.35. The summed E-state index contributed by atoms with van der Waals surface area (Å²) in [5.74, 6) is 0. The van der Waals surface area contributed by atoms with E-state index in [1.807, 2.05) is 12.1 Å². The Morgan fingerprint density at radius 3 is 2.66 bits per heavy atom. The van der Waals surface area contributed by atoms with Crippen molar-refractivity contribution in [2.75, 3.05) is 52.3 Å². The maximum atomic E-state index is 12.5. The second kappa shape index (κ2) is 12.1. The minimum Gasteiger partial charge on any atom is -0.395 e. The highest BCUT2D eigenvalue weighted by atomic mass is 35.5. The summed E-state index contributed by atoms with van der Waals surface area (Å²) in [4.78, 5) is 2.43. The molecular weight excluding hydrogens is 562 g/mol. The van der Waals surface area contributed by atoms with Crippen LogP contribution >= 0.6 is 11.6 Å². The van der Waals surface area contributed by atoms with E-state index in [4.69, 9.17) is 21.4 Å². The Balaban J connectivity index is 1.33. The van der Waals surface area contributed by atoms with Crippen LogP contribution in [-0.4, -0.2) is 90.8 Å². The van der Waals surface area contributed by atoms with Gasteiger partial charge in [0, 0.05) is 85.7 Å². The van der Waals surface area contributed by atoms with Gasteiger partial charge in [0.1, 0.15) is 0 Å². The van der Waals surface area contributed by atoms with E-state index in [2.05, 4.69) is 39.2 Å². The second-order valence-corrected chi connectivity index (χ2v) is 13.7. The van der Waals surface area contributed by atoms with Crippen LogP contribution in [-0.2, 0) is 47.2 Å². The lowest BCUT2D eigenvalue weighted by molar-refractivity contribution is 0.0368. The van der Waals surface area contributed by atoms with E-state index in [0.717, 1.165) is 92.4 Å². The van der Waals surface area contributed by atoms with Gasteiger partial charge in [0.25, 0.3) is 0 Å². The second-order valence-electron chi connectivity index (χ2n) is 11.3. The van der Waals surface area contributed by atoms with Crippen molar-refractivity contribution in [3.8, 4) is 22.4 Å². The minimum absolute atomic E-state index is 0.0519. The molecule has 1 unspecified atom stereocenters. The van der Waals surface area contributed by atoms with Gasteiger partial charge in [-0.1, -0.05) is 35.9 Å². The lowest BCUT2D eigenvalue weighted by Gasteiger charge is -2.27. The predicted molar refractivity (Wildman–Crippen MR) is 160 cm³/mol. The fourth-order valence-corrected chi connectivity index (χ4v) is 7.22. The third-order valence-corrected chi connectivity index (χ3v) is 10.1. The van der Waals surface area contributed by atoms with Gasteiger partial charge >= 0.3 is 0 Å². The number of nitrogens with zero attached hydrogens (tertiary/aromatic N) is 4. The average molecular weight is 600 g/mol. The summed E-state index contributed by atoms with van der Waals surface area (Å²) in [7, 11) is -3.33. The van der Waals surface area contributed by atoms with Crippen LogP contribution in [0.5, 0.6) is 0 Å². The van der Waals surface area contributed by atoms with Gasteiger partial charge < -0.3 is 15.2 Å². The quantitative estimate of drug-likeness (QED) is 0.411. The third kappa shape index (κ3) is 6.24. The van der Waals surface area contributed by atoms with Crippen LogP contribution in [0.15, 0.2) is 36.4 Å². The van der Waals surface area contributed by atoms with Gasteiger partial charge in [-0.2, -0.15) is 9.40 Å². The first-order valence-corrected chi connectivity index (χ1v) is 16.6. The number of ether oxygens (including phenoxy) is 1. The summed E-state index contributed by atoms with van der Waals surface area (Å²) in [6.07, 6.45) is 3.64. The van der Waals surface area contributed by atoms with Crippen molar-refractivity contribution < 1.29 is 18.3 Å². The lowest BCUT2D eigenvalue weighted by atomic mass is 9.91. The first-order chi connectivity index (χ1) is 19.8. The van der Waals surface area contributed by atoms with Crippen LogP contribution in [0.3, 0.4) is 0 Å². The summed E-state index contributed by atoms with van der Waals surface area (Å²) in [6.45, 7) is 6.87. The standard InChI is InChI=1S/C30H38ClN5O4S/c1-41(38,39)35-10-7-29-27(19-35)30(33-36(29)9-2-8-34-11-13-40-14-12-34)22-5-6-28(31)26(17-22)21-3-4-23-18-32-25(20-37)16-24(23)15-21/h3-6,15,17,25,32,37H,2,7-14,16,18-20H2,1H3. The lowest BCUT2D eigenvalue weighted by Crippen LogP contribution is -2.38.